The van der Waals surface area contributed by atoms with E-state index in [4.69, 9.17) is 9.47 Å². The van der Waals surface area contributed by atoms with Crippen LogP contribution in [-0.2, 0) is 9.47 Å². The fourth-order valence-corrected chi connectivity index (χ4v) is 2.25. The molecule has 3 unspecified atom stereocenters. The topological polar surface area (TPSA) is 38.7 Å². The van der Waals surface area contributed by atoms with E-state index in [0.717, 1.165) is 19.4 Å². The van der Waals surface area contributed by atoms with Crippen LogP contribution >= 0.6 is 0 Å². The van der Waals surface area contributed by atoms with E-state index in [-0.39, 0.29) is 18.3 Å². The van der Waals surface area contributed by atoms with Crippen molar-refractivity contribution in [3.05, 3.63) is 0 Å². The number of aliphatic hydroxyl groups is 1. The molecule has 0 radical (unpaired) electrons. The molecule has 1 aliphatic rings. The van der Waals surface area contributed by atoms with Gasteiger partial charge in [-0.3, -0.25) is 0 Å². The summed E-state index contributed by atoms with van der Waals surface area (Å²) >= 11 is 0. The average Bonchev–Trinajstić information content (AvgIpc) is 2.33. The molecule has 0 aromatic rings. The number of aliphatic hydroxyl groups excluding tert-OH is 1. The van der Waals surface area contributed by atoms with Gasteiger partial charge in [-0.15, -0.1) is 0 Å². The van der Waals surface area contributed by atoms with Crippen LogP contribution in [0.15, 0.2) is 0 Å². The van der Waals surface area contributed by atoms with Crippen molar-refractivity contribution in [2.75, 3.05) is 13.2 Å². The first kappa shape index (κ1) is 14.9. The first-order valence-corrected chi connectivity index (χ1v) is 7.20. The normalized spacial score (nSPS) is 28.1. The second-order valence-corrected chi connectivity index (χ2v) is 4.90. The largest absolute Gasteiger partial charge is 0.390 e. The second-order valence-electron chi connectivity index (χ2n) is 4.90. The third kappa shape index (κ3) is 5.36. The Hall–Kier alpha value is -0.120. The molecule has 0 aromatic carbocycles. The molecule has 3 nitrogen and oxygen atoms in total. The van der Waals surface area contributed by atoms with Crippen LogP contribution in [0.2, 0.25) is 0 Å². The van der Waals surface area contributed by atoms with Gasteiger partial charge >= 0.3 is 0 Å². The highest BCUT2D eigenvalue weighted by molar-refractivity contribution is 4.91. The van der Waals surface area contributed by atoms with Crippen LogP contribution in [0.1, 0.15) is 58.8 Å². The van der Waals surface area contributed by atoms with Crippen molar-refractivity contribution in [2.24, 2.45) is 0 Å². The summed E-state index contributed by atoms with van der Waals surface area (Å²) in [4.78, 5) is 0. The first-order valence-electron chi connectivity index (χ1n) is 7.20. The van der Waals surface area contributed by atoms with Gasteiger partial charge in [0.1, 0.15) is 6.10 Å². The molecule has 3 atom stereocenters. The summed E-state index contributed by atoms with van der Waals surface area (Å²) in [5.41, 5.74) is 0. The van der Waals surface area contributed by atoms with Crippen LogP contribution in [0.4, 0.5) is 0 Å². The van der Waals surface area contributed by atoms with Crippen molar-refractivity contribution in [3.63, 3.8) is 0 Å². The Balaban J connectivity index is 1.92. The highest BCUT2D eigenvalue weighted by Gasteiger charge is 2.41. The molecule has 102 valence electrons. The Morgan fingerprint density at radius 1 is 1.00 bits per heavy atom. The molecule has 0 aliphatic heterocycles. The summed E-state index contributed by atoms with van der Waals surface area (Å²) in [6, 6.07) is 0. The van der Waals surface area contributed by atoms with E-state index in [1.54, 1.807) is 0 Å². The molecule has 0 aromatic heterocycles. The van der Waals surface area contributed by atoms with E-state index in [1.165, 1.54) is 32.1 Å². The molecule has 0 heterocycles. The molecule has 0 saturated heterocycles. The number of ether oxygens (including phenoxy) is 2. The van der Waals surface area contributed by atoms with Gasteiger partial charge in [0.05, 0.1) is 12.2 Å². The Morgan fingerprint density at radius 3 is 2.35 bits per heavy atom. The number of unbranched alkanes of at least 4 members (excludes halogenated alkanes) is 5. The molecule has 1 fully saturated rings. The van der Waals surface area contributed by atoms with Gasteiger partial charge < -0.3 is 14.6 Å². The number of hydrogen-bond acceptors (Lipinski definition) is 3. The highest BCUT2D eigenvalue weighted by Crippen LogP contribution is 2.27. The van der Waals surface area contributed by atoms with E-state index in [9.17, 15) is 5.11 Å². The number of hydrogen-bond donors (Lipinski definition) is 1. The van der Waals surface area contributed by atoms with Crippen LogP contribution in [-0.4, -0.2) is 36.6 Å². The fourth-order valence-electron chi connectivity index (χ4n) is 2.25. The molecular formula is C14H28O3. The summed E-state index contributed by atoms with van der Waals surface area (Å²) < 4.78 is 11.2. The zero-order valence-electron chi connectivity index (χ0n) is 11.4. The van der Waals surface area contributed by atoms with Crippen molar-refractivity contribution in [3.8, 4) is 0 Å². The molecule has 1 N–H and O–H groups in total. The molecule has 0 spiro atoms. The Morgan fingerprint density at radius 2 is 1.71 bits per heavy atom. The van der Waals surface area contributed by atoms with Crippen LogP contribution in [0.5, 0.6) is 0 Å². The van der Waals surface area contributed by atoms with Gasteiger partial charge in [-0.25, -0.2) is 0 Å². The lowest BCUT2D eigenvalue weighted by Gasteiger charge is -2.40. The number of rotatable bonds is 10. The van der Waals surface area contributed by atoms with Gasteiger partial charge in [-0.05, 0) is 13.3 Å². The van der Waals surface area contributed by atoms with E-state index < -0.39 is 0 Å². The molecule has 3 heteroatoms. The molecule has 1 aliphatic carbocycles. The van der Waals surface area contributed by atoms with Gasteiger partial charge in [-0.1, -0.05) is 39.0 Å². The average molecular weight is 244 g/mol. The first-order chi connectivity index (χ1) is 8.29. The SMILES string of the molecule is CCCCCCCCOC1CC(O)C1OCC. The lowest BCUT2D eigenvalue weighted by molar-refractivity contribution is -0.190. The van der Waals surface area contributed by atoms with Crippen LogP contribution in [0, 0.1) is 0 Å². The lowest BCUT2D eigenvalue weighted by atomic mass is 9.88. The van der Waals surface area contributed by atoms with Crippen molar-refractivity contribution < 1.29 is 14.6 Å². The van der Waals surface area contributed by atoms with Gasteiger partial charge in [0.2, 0.25) is 0 Å². The van der Waals surface area contributed by atoms with E-state index in [1.807, 2.05) is 6.92 Å². The third-order valence-electron chi connectivity index (χ3n) is 3.41. The molecule has 1 rings (SSSR count). The zero-order chi connectivity index (χ0) is 12.5. The van der Waals surface area contributed by atoms with E-state index in [2.05, 4.69) is 6.92 Å². The fraction of sp³-hybridized carbons (Fsp3) is 1.00. The van der Waals surface area contributed by atoms with Crippen molar-refractivity contribution in [1.29, 1.82) is 0 Å². The lowest BCUT2D eigenvalue weighted by Crippen LogP contribution is -2.53. The monoisotopic (exact) mass is 244 g/mol. The van der Waals surface area contributed by atoms with Gasteiger partial charge in [-0.2, -0.15) is 0 Å². The minimum atomic E-state index is -0.315. The zero-order valence-corrected chi connectivity index (χ0v) is 11.4. The Kier molecular flexibility index (Phi) is 7.82. The molecular weight excluding hydrogens is 216 g/mol. The maximum Gasteiger partial charge on any atom is 0.110 e. The second kappa shape index (κ2) is 8.90. The summed E-state index contributed by atoms with van der Waals surface area (Å²) in [6.45, 7) is 5.65. The van der Waals surface area contributed by atoms with Crippen LogP contribution in [0.3, 0.4) is 0 Å². The maximum absolute atomic E-state index is 9.50. The summed E-state index contributed by atoms with van der Waals surface area (Å²) in [5, 5.41) is 9.50. The smallest absolute Gasteiger partial charge is 0.110 e. The Bertz CT molecular complexity index is 184. The summed E-state index contributed by atoms with van der Waals surface area (Å²) in [7, 11) is 0. The standard InChI is InChI=1S/C14H28O3/c1-3-5-6-7-8-9-10-17-13-11-12(15)14(13)16-4-2/h12-15H,3-11H2,1-2H3. The third-order valence-corrected chi connectivity index (χ3v) is 3.41. The maximum atomic E-state index is 9.50. The molecule has 17 heavy (non-hydrogen) atoms. The molecule has 0 amide bonds. The van der Waals surface area contributed by atoms with Gasteiger partial charge in [0.15, 0.2) is 0 Å². The summed E-state index contributed by atoms with van der Waals surface area (Å²) in [6.07, 6.45) is 8.17. The summed E-state index contributed by atoms with van der Waals surface area (Å²) in [5.74, 6) is 0. The Labute approximate surface area is 105 Å². The predicted octanol–water partition coefficient (Wildman–Crippen LogP) is 2.90. The quantitative estimate of drug-likeness (QED) is 0.601. The van der Waals surface area contributed by atoms with Crippen molar-refractivity contribution in [2.45, 2.75) is 77.1 Å². The van der Waals surface area contributed by atoms with Crippen LogP contribution < -0.4 is 0 Å². The van der Waals surface area contributed by atoms with E-state index in [0.29, 0.717) is 6.61 Å². The molecule has 1 saturated carbocycles. The van der Waals surface area contributed by atoms with Crippen molar-refractivity contribution in [1.82, 2.24) is 0 Å². The predicted molar refractivity (Wildman–Crippen MR) is 69.2 cm³/mol. The van der Waals surface area contributed by atoms with E-state index >= 15 is 0 Å². The van der Waals surface area contributed by atoms with Gasteiger partial charge in [0.25, 0.3) is 0 Å². The minimum absolute atomic E-state index is 0.0832. The minimum Gasteiger partial charge on any atom is -0.390 e. The van der Waals surface area contributed by atoms with Crippen molar-refractivity contribution >= 4 is 0 Å². The van der Waals surface area contributed by atoms with Gasteiger partial charge in [0, 0.05) is 19.6 Å². The molecule has 0 bridgehead atoms. The van der Waals surface area contributed by atoms with Crippen LogP contribution in [0.25, 0.3) is 0 Å². The highest BCUT2D eigenvalue weighted by atomic mass is 16.6.